The molecule has 5 atom stereocenters. The quantitative estimate of drug-likeness (QED) is 0.251. The number of rotatable bonds is 11. The van der Waals surface area contributed by atoms with Crippen LogP contribution in [0, 0.1) is 5.92 Å². The number of amides is 2. The normalized spacial score (nSPS) is 19.5. The lowest BCUT2D eigenvalue weighted by atomic mass is 9.72. The average molecular weight is 540 g/mol. The van der Waals surface area contributed by atoms with Gasteiger partial charge in [-0.2, -0.15) is 0 Å². The highest BCUT2D eigenvalue weighted by Crippen LogP contribution is 2.20. The number of hydrogen-bond donors (Lipinski definition) is 5. The second kappa shape index (κ2) is 13.3. The SMILES string of the molecule is CN[C@H]1C(=O)OB(C(CC(C)C)NC(=O)C(NC(=O)c2cccc(-c3ccccc3)n2)C(C)O)O[C@H]1C(=O)O. The van der Waals surface area contributed by atoms with E-state index in [1.807, 2.05) is 44.2 Å². The van der Waals surface area contributed by atoms with Crippen molar-refractivity contribution in [3.8, 4) is 11.3 Å². The number of aromatic nitrogens is 1. The average Bonchev–Trinajstić information content (AvgIpc) is 2.90. The number of hydrogen-bond acceptors (Lipinski definition) is 9. The minimum Gasteiger partial charge on any atom is -0.507 e. The molecule has 3 rings (SSSR count). The van der Waals surface area contributed by atoms with Crippen molar-refractivity contribution >= 4 is 30.9 Å². The molecule has 1 aliphatic rings. The largest absolute Gasteiger partial charge is 0.552 e. The standard InChI is InChI=1S/C26H33BN4O8/c1-14(2)13-19(27-38-22(25(35)36)21(28-4)26(37)39-27)30-24(34)20(15(3)32)31-23(33)18-12-8-11-17(29-18)16-9-6-5-7-10-16/h5-12,14-15,19-22,28,32H,13H2,1-4H3,(H,30,34)(H,31,33)(H,35,36)/t15?,19?,20?,21-,22-/m1/s1. The molecule has 2 heterocycles. The fourth-order valence-corrected chi connectivity index (χ4v) is 4.18. The Balaban J connectivity index is 1.77. The summed E-state index contributed by atoms with van der Waals surface area (Å²) in [5.41, 5.74) is 1.40. The van der Waals surface area contributed by atoms with Gasteiger partial charge >= 0.3 is 19.1 Å². The Morgan fingerprint density at radius 2 is 1.74 bits per heavy atom. The van der Waals surface area contributed by atoms with Crippen molar-refractivity contribution in [3.63, 3.8) is 0 Å². The minimum atomic E-state index is -1.54. The van der Waals surface area contributed by atoms with E-state index in [1.165, 1.54) is 20.0 Å². The van der Waals surface area contributed by atoms with Crippen molar-refractivity contribution in [3.05, 3.63) is 54.2 Å². The van der Waals surface area contributed by atoms with Crippen molar-refractivity contribution in [2.24, 2.45) is 5.92 Å². The summed E-state index contributed by atoms with van der Waals surface area (Å²) in [6.07, 6.45) is -2.59. The Morgan fingerprint density at radius 3 is 2.33 bits per heavy atom. The molecule has 1 saturated heterocycles. The lowest BCUT2D eigenvalue weighted by Crippen LogP contribution is -2.65. The molecule has 13 heteroatoms. The van der Waals surface area contributed by atoms with Gasteiger partial charge in [-0.15, -0.1) is 0 Å². The highest BCUT2D eigenvalue weighted by Gasteiger charge is 2.49. The zero-order chi connectivity index (χ0) is 28.7. The summed E-state index contributed by atoms with van der Waals surface area (Å²) in [7, 11) is 0.00306. The van der Waals surface area contributed by atoms with Crippen LogP contribution in [-0.4, -0.2) is 83.3 Å². The molecular formula is C26H33BN4O8. The maximum absolute atomic E-state index is 13.3. The number of carbonyl (C=O) groups is 4. The van der Waals surface area contributed by atoms with Crippen LogP contribution in [0.2, 0.25) is 0 Å². The first kappa shape index (κ1) is 29.7. The maximum atomic E-state index is 13.3. The Bertz CT molecular complexity index is 1180. The molecule has 0 saturated carbocycles. The van der Waals surface area contributed by atoms with Gasteiger partial charge in [0.1, 0.15) is 17.8 Å². The van der Waals surface area contributed by atoms with Crippen LogP contribution in [0.4, 0.5) is 0 Å². The first-order valence-electron chi connectivity index (χ1n) is 12.6. The van der Waals surface area contributed by atoms with E-state index < -0.39 is 61.1 Å². The van der Waals surface area contributed by atoms with E-state index in [4.69, 9.17) is 9.31 Å². The predicted octanol–water partition coefficient (Wildman–Crippen LogP) is 0.401. The molecule has 1 aliphatic heterocycles. The van der Waals surface area contributed by atoms with E-state index in [1.54, 1.807) is 12.1 Å². The van der Waals surface area contributed by atoms with E-state index in [0.717, 1.165) is 5.56 Å². The molecular weight excluding hydrogens is 507 g/mol. The molecule has 39 heavy (non-hydrogen) atoms. The van der Waals surface area contributed by atoms with Gasteiger partial charge in [-0.3, -0.25) is 14.4 Å². The number of carboxylic acid groups (broad SMARTS) is 1. The van der Waals surface area contributed by atoms with Gasteiger partial charge in [-0.1, -0.05) is 50.2 Å². The van der Waals surface area contributed by atoms with Crippen LogP contribution in [-0.2, 0) is 23.7 Å². The van der Waals surface area contributed by atoms with Gasteiger partial charge in [-0.25, -0.2) is 9.78 Å². The van der Waals surface area contributed by atoms with Crippen LogP contribution >= 0.6 is 0 Å². The maximum Gasteiger partial charge on any atom is 0.552 e. The fraction of sp³-hybridized carbons (Fsp3) is 0.423. The van der Waals surface area contributed by atoms with Gasteiger partial charge in [0.15, 0.2) is 6.10 Å². The van der Waals surface area contributed by atoms with Crippen molar-refractivity contribution in [1.82, 2.24) is 20.9 Å². The fourth-order valence-electron chi connectivity index (χ4n) is 4.18. The number of nitrogens with zero attached hydrogens (tertiary/aromatic N) is 1. The van der Waals surface area contributed by atoms with Gasteiger partial charge in [-0.05, 0) is 38.4 Å². The van der Waals surface area contributed by atoms with Gasteiger partial charge in [0.05, 0.1) is 17.7 Å². The zero-order valence-corrected chi connectivity index (χ0v) is 22.2. The van der Waals surface area contributed by atoms with Crippen molar-refractivity contribution in [2.75, 3.05) is 7.05 Å². The van der Waals surface area contributed by atoms with Crippen LogP contribution < -0.4 is 16.0 Å². The van der Waals surface area contributed by atoms with Gasteiger partial charge in [0, 0.05) is 5.56 Å². The van der Waals surface area contributed by atoms with Crippen molar-refractivity contribution in [1.29, 1.82) is 0 Å². The molecule has 3 unspecified atom stereocenters. The van der Waals surface area contributed by atoms with Crippen LogP contribution in [0.3, 0.4) is 0 Å². The molecule has 0 aliphatic carbocycles. The lowest BCUT2D eigenvalue weighted by Gasteiger charge is -2.35. The smallest absolute Gasteiger partial charge is 0.507 e. The zero-order valence-electron chi connectivity index (χ0n) is 22.2. The number of aliphatic carboxylic acids is 1. The molecule has 0 radical (unpaired) electrons. The van der Waals surface area contributed by atoms with Crippen LogP contribution in [0.5, 0.6) is 0 Å². The molecule has 1 aromatic carbocycles. The molecule has 0 spiro atoms. The predicted molar refractivity (Wildman–Crippen MR) is 141 cm³/mol. The topological polar surface area (TPSA) is 176 Å². The number of carbonyl (C=O) groups excluding carboxylic acids is 3. The number of nitrogens with one attached hydrogen (secondary N) is 3. The molecule has 1 aromatic heterocycles. The van der Waals surface area contributed by atoms with Crippen LogP contribution in [0.25, 0.3) is 11.3 Å². The molecule has 2 amide bonds. The first-order valence-corrected chi connectivity index (χ1v) is 12.6. The van der Waals surface area contributed by atoms with Gasteiger partial charge in [0.2, 0.25) is 5.91 Å². The van der Waals surface area contributed by atoms with E-state index in [9.17, 15) is 29.4 Å². The highest BCUT2D eigenvalue weighted by molar-refractivity contribution is 6.50. The van der Waals surface area contributed by atoms with E-state index >= 15 is 0 Å². The third-order valence-corrected chi connectivity index (χ3v) is 6.11. The molecule has 208 valence electrons. The summed E-state index contributed by atoms with van der Waals surface area (Å²) in [5, 5.41) is 27.6. The van der Waals surface area contributed by atoms with E-state index in [2.05, 4.69) is 20.9 Å². The number of pyridine rings is 1. The third kappa shape index (κ3) is 7.62. The third-order valence-electron chi connectivity index (χ3n) is 6.11. The number of carboxylic acids is 1. The molecule has 0 bridgehead atoms. The minimum absolute atomic E-state index is 0.0209. The van der Waals surface area contributed by atoms with E-state index in [-0.39, 0.29) is 18.0 Å². The Labute approximate surface area is 226 Å². The number of aliphatic hydroxyl groups is 1. The first-order chi connectivity index (χ1) is 18.5. The Hall–Kier alpha value is -3.81. The van der Waals surface area contributed by atoms with Gasteiger partial charge < -0.3 is 35.5 Å². The summed E-state index contributed by atoms with van der Waals surface area (Å²) in [4.78, 5) is 54.8. The van der Waals surface area contributed by atoms with E-state index in [0.29, 0.717) is 5.69 Å². The Kier molecular flexibility index (Phi) is 10.2. The summed E-state index contributed by atoms with van der Waals surface area (Å²) in [5.74, 6) is -4.65. The second-order valence-corrected chi connectivity index (χ2v) is 9.68. The molecule has 5 N–H and O–H groups in total. The van der Waals surface area contributed by atoms with Gasteiger partial charge in [0.25, 0.3) is 5.91 Å². The number of likely N-dealkylation sites (N-methyl/N-ethyl adjacent to an activating group) is 1. The van der Waals surface area contributed by atoms with Crippen LogP contribution in [0.15, 0.2) is 48.5 Å². The monoisotopic (exact) mass is 540 g/mol. The lowest BCUT2D eigenvalue weighted by molar-refractivity contribution is -0.161. The molecule has 2 aromatic rings. The molecule has 1 fully saturated rings. The van der Waals surface area contributed by atoms with Crippen LogP contribution in [0.1, 0.15) is 37.7 Å². The molecule has 12 nitrogen and oxygen atoms in total. The summed E-state index contributed by atoms with van der Waals surface area (Å²) >= 11 is 0. The second-order valence-electron chi connectivity index (χ2n) is 9.68. The summed E-state index contributed by atoms with van der Waals surface area (Å²) < 4.78 is 10.9. The summed E-state index contributed by atoms with van der Waals surface area (Å²) in [6, 6.07) is 11.5. The van der Waals surface area contributed by atoms with Crippen molar-refractivity contribution in [2.45, 2.75) is 57.4 Å². The Morgan fingerprint density at radius 1 is 1.05 bits per heavy atom. The number of benzene rings is 1. The highest BCUT2D eigenvalue weighted by atomic mass is 16.6. The number of aliphatic hydroxyl groups excluding tert-OH is 1. The summed E-state index contributed by atoms with van der Waals surface area (Å²) in [6.45, 7) is 5.05. The van der Waals surface area contributed by atoms with Crippen molar-refractivity contribution < 1.29 is 38.7 Å².